The van der Waals surface area contributed by atoms with Gasteiger partial charge in [0.2, 0.25) is 0 Å². The summed E-state index contributed by atoms with van der Waals surface area (Å²) < 4.78 is 0. The van der Waals surface area contributed by atoms with Crippen molar-refractivity contribution in [2.24, 2.45) is 0 Å². The Bertz CT molecular complexity index is 403. The van der Waals surface area contributed by atoms with E-state index in [0.717, 1.165) is 12.2 Å². The molecule has 4 heteroatoms. The quantitative estimate of drug-likeness (QED) is 0.833. The Balaban J connectivity index is 2.16. The van der Waals surface area contributed by atoms with Gasteiger partial charge >= 0.3 is 0 Å². The minimum atomic E-state index is 0.496. The molecule has 2 N–H and O–H groups in total. The number of rotatable bonds is 4. The molecule has 15 heavy (non-hydrogen) atoms. The summed E-state index contributed by atoms with van der Waals surface area (Å²) in [5, 5.41) is 12.6. The van der Waals surface area contributed by atoms with Gasteiger partial charge in [0.25, 0.3) is 0 Å². The Morgan fingerprint density at radius 1 is 1.53 bits per heavy atom. The first-order valence-corrected chi connectivity index (χ1v) is 5.95. The van der Waals surface area contributed by atoms with E-state index in [2.05, 4.69) is 46.9 Å². The van der Waals surface area contributed by atoms with Crippen LogP contribution in [0.2, 0.25) is 0 Å². The molecule has 0 aliphatic carbocycles. The number of hydrogen-bond donors (Lipinski definition) is 2. The molecule has 80 valence electrons. The van der Waals surface area contributed by atoms with Gasteiger partial charge in [0, 0.05) is 18.2 Å². The van der Waals surface area contributed by atoms with Gasteiger partial charge in [-0.05, 0) is 11.4 Å². The first-order valence-electron chi connectivity index (χ1n) is 5.07. The van der Waals surface area contributed by atoms with Gasteiger partial charge in [-0.3, -0.25) is 5.10 Å². The molecule has 3 nitrogen and oxygen atoms in total. The SMILES string of the molecule is CC(C)NCc1cn[nH]c1-c1cccs1. The summed E-state index contributed by atoms with van der Waals surface area (Å²) in [7, 11) is 0. The molecule has 2 heterocycles. The van der Waals surface area contributed by atoms with E-state index in [4.69, 9.17) is 0 Å². The van der Waals surface area contributed by atoms with Crippen LogP contribution in [-0.4, -0.2) is 16.2 Å². The van der Waals surface area contributed by atoms with Gasteiger partial charge in [-0.2, -0.15) is 5.10 Å². The van der Waals surface area contributed by atoms with Gasteiger partial charge in [-0.25, -0.2) is 0 Å². The minimum Gasteiger partial charge on any atom is -0.310 e. The van der Waals surface area contributed by atoms with Crippen molar-refractivity contribution < 1.29 is 0 Å². The van der Waals surface area contributed by atoms with E-state index in [0.29, 0.717) is 6.04 Å². The highest BCUT2D eigenvalue weighted by molar-refractivity contribution is 7.13. The fourth-order valence-electron chi connectivity index (χ4n) is 1.39. The number of nitrogens with one attached hydrogen (secondary N) is 2. The molecular formula is C11H15N3S. The number of thiophene rings is 1. The zero-order valence-corrected chi connectivity index (χ0v) is 9.77. The first kappa shape index (κ1) is 10.4. The van der Waals surface area contributed by atoms with Crippen LogP contribution in [0.5, 0.6) is 0 Å². The highest BCUT2D eigenvalue weighted by Crippen LogP contribution is 2.25. The maximum absolute atomic E-state index is 4.10. The molecule has 0 amide bonds. The molecule has 2 rings (SSSR count). The standard InChI is InChI=1S/C11H15N3S/c1-8(2)12-6-9-7-13-14-11(9)10-4-3-5-15-10/h3-5,7-8,12H,6H2,1-2H3,(H,13,14). The molecule has 2 aromatic rings. The molecule has 0 spiro atoms. The summed E-state index contributed by atoms with van der Waals surface area (Å²) in [6.45, 7) is 5.15. The molecular weight excluding hydrogens is 206 g/mol. The van der Waals surface area contributed by atoms with Crippen LogP contribution < -0.4 is 5.32 Å². The average molecular weight is 221 g/mol. The highest BCUT2D eigenvalue weighted by Gasteiger charge is 2.08. The van der Waals surface area contributed by atoms with Crippen molar-refractivity contribution >= 4 is 11.3 Å². The number of nitrogens with zero attached hydrogens (tertiary/aromatic N) is 1. The van der Waals surface area contributed by atoms with Crippen molar-refractivity contribution in [2.75, 3.05) is 0 Å². The molecule has 0 saturated heterocycles. The van der Waals surface area contributed by atoms with Gasteiger partial charge in [-0.1, -0.05) is 19.9 Å². The summed E-state index contributed by atoms with van der Waals surface area (Å²) in [5.41, 5.74) is 2.37. The van der Waals surface area contributed by atoms with Crippen LogP contribution in [0.4, 0.5) is 0 Å². The largest absolute Gasteiger partial charge is 0.310 e. The summed E-state index contributed by atoms with van der Waals surface area (Å²) in [6, 6.07) is 4.66. The number of aromatic amines is 1. The van der Waals surface area contributed by atoms with E-state index in [-0.39, 0.29) is 0 Å². The lowest BCUT2D eigenvalue weighted by Gasteiger charge is -2.07. The highest BCUT2D eigenvalue weighted by atomic mass is 32.1. The lowest BCUT2D eigenvalue weighted by molar-refractivity contribution is 0.589. The third kappa shape index (κ3) is 2.46. The maximum atomic E-state index is 4.10. The van der Waals surface area contributed by atoms with Crippen molar-refractivity contribution in [3.8, 4) is 10.6 Å². The van der Waals surface area contributed by atoms with Crippen LogP contribution in [0, 0.1) is 0 Å². The van der Waals surface area contributed by atoms with Gasteiger partial charge in [0.15, 0.2) is 0 Å². The summed E-state index contributed by atoms with van der Waals surface area (Å²) >= 11 is 1.73. The normalized spacial score (nSPS) is 11.1. The Labute approximate surface area is 93.5 Å². The topological polar surface area (TPSA) is 40.7 Å². The van der Waals surface area contributed by atoms with E-state index in [1.54, 1.807) is 11.3 Å². The molecule has 0 bridgehead atoms. The fraction of sp³-hybridized carbons (Fsp3) is 0.364. The van der Waals surface area contributed by atoms with Gasteiger partial charge < -0.3 is 5.32 Å². The van der Waals surface area contributed by atoms with Crippen LogP contribution in [0.25, 0.3) is 10.6 Å². The molecule has 0 saturated carbocycles. The molecule has 2 aromatic heterocycles. The molecule has 0 aliphatic heterocycles. The van der Waals surface area contributed by atoms with Crippen molar-refractivity contribution in [1.82, 2.24) is 15.5 Å². The van der Waals surface area contributed by atoms with Crippen molar-refractivity contribution in [1.29, 1.82) is 0 Å². The summed E-state index contributed by atoms with van der Waals surface area (Å²) in [6.07, 6.45) is 1.89. The Hall–Kier alpha value is -1.13. The van der Waals surface area contributed by atoms with Crippen molar-refractivity contribution in [3.63, 3.8) is 0 Å². The zero-order valence-electron chi connectivity index (χ0n) is 8.95. The average Bonchev–Trinajstić information content (AvgIpc) is 2.85. The van der Waals surface area contributed by atoms with Crippen LogP contribution in [0.1, 0.15) is 19.4 Å². The predicted molar refractivity (Wildman–Crippen MR) is 63.9 cm³/mol. The molecule has 0 aliphatic rings. The first-order chi connectivity index (χ1) is 7.27. The van der Waals surface area contributed by atoms with Gasteiger partial charge in [0.05, 0.1) is 16.8 Å². The second-order valence-electron chi connectivity index (χ2n) is 3.78. The molecule has 0 fully saturated rings. The third-order valence-corrected chi connectivity index (χ3v) is 3.07. The number of hydrogen-bond acceptors (Lipinski definition) is 3. The second kappa shape index (κ2) is 4.59. The van der Waals surface area contributed by atoms with Gasteiger partial charge in [-0.15, -0.1) is 11.3 Å². The van der Waals surface area contributed by atoms with Gasteiger partial charge in [0.1, 0.15) is 0 Å². The van der Waals surface area contributed by atoms with Crippen LogP contribution in [0.15, 0.2) is 23.7 Å². The molecule has 0 aromatic carbocycles. The zero-order chi connectivity index (χ0) is 10.7. The monoisotopic (exact) mass is 221 g/mol. The minimum absolute atomic E-state index is 0.496. The van der Waals surface area contributed by atoms with E-state index < -0.39 is 0 Å². The molecule has 0 atom stereocenters. The van der Waals surface area contributed by atoms with Crippen molar-refractivity contribution in [2.45, 2.75) is 26.4 Å². The lowest BCUT2D eigenvalue weighted by atomic mass is 10.2. The number of aromatic nitrogens is 2. The van der Waals surface area contributed by atoms with Crippen LogP contribution in [-0.2, 0) is 6.54 Å². The summed E-state index contributed by atoms with van der Waals surface area (Å²) in [5.74, 6) is 0. The molecule has 0 unspecified atom stereocenters. The van der Waals surface area contributed by atoms with E-state index in [1.807, 2.05) is 6.20 Å². The second-order valence-corrected chi connectivity index (χ2v) is 4.73. The summed E-state index contributed by atoms with van der Waals surface area (Å²) in [4.78, 5) is 1.24. The lowest BCUT2D eigenvalue weighted by Crippen LogP contribution is -2.21. The van der Waals surface area contributed by atoms with E-state index in [1.165, 1.54) is 10.4 Å². The van der Waals surface area contributed by atoms with E-state index >= 15 is 0 Å². The number of H-pyrrole nitrogens is 1. The fourth-order valence-corrected chi connectivity index (χ4v) is 2.15. The Morgan fingerprint density at radius 3 is 3.07 bits per heavy atom. The van der Waals surface area contributed by atoms with Crippen LogP contribution in [0.3, 0.4) is 0 Å². The molecule has 0 radical (unpaired) electrons. The smallest absolute Gasteiger partial charge is 0.0794 e. The van der Waals surface area contributed by atoms with Crippen LogP contribution >= 0.6 is 11.3 Å². The van der Waals surface area contributed by atoms with E-state index in [9.17, 15) is 0 Å². The third-order valence-electron chi connectivity index (χ3n) is 2.19. The Morgan fingerprint density at radius 2 is 2.40 bits per heavy atom. The Kier molecular flexibility index (Phi) is 3.18. The van der Waals surface area contributed by atoms with Crippen molar-refractivity contribution in [3.05, 3.63) is 29.3 Å². The maximum Gasteiger partial charge on any atom is 0.0794 e. The predicted octanol–water partition coefficient (Wildman–Crippen LogP) is 2.64.